The molecule has 2 aromatic carbocycles. The molecule has 4 aromatic rings. The van der Waals surface area contributed by atoms with Gasteiger partial charge in [0.05, 0.1) is 22.4 Å². The van der Waals surface area contributed by atoms with Crippen molar-refractivity contribution in [3.8, 4) is 22.5 Å². The molecular weight excluding hydrogens is 383 g/mol. The normalized spacial score (nSPS) is 11.1. The molecule has 0 bridgehead atoms. The van der Waals surface area contributed by atoms with Crippen molar-refractivity contribution in [3.05, 3.63) is 72.7 Å². The minimum atomic E-state index is -1.09. The largest absolute Gasteiger partial charge is 0.465 e. The van der Waals surface area contributed by atoms with E-state index in [9.17, 15) is 14.3 Å². The molecule has 0 spiro atoms. The van der Waals surface area contributed by atoms with Gasteiger partial charge < -0.3 is 5.11 Å². The Balaban J connectivity index is 1.94. The fourth-order valence-corrected chi connectivity index (χ4v) is 3.29. The van der Waals surface area contributed by atoms with E-state index in [0.717, 1.165) is 0 Å². The highest BCUT2D eigenvalue weighted by Crippen LogP contribution is 2.32. The number of rotatable bonds is 4. The molecular formula is C23H19FN4O2. The number of amides is 1. The topological polar surface area (TPSA) is 79.2 Å². The standard InChI is InChI=1S/C23H19FN4O2/c1-14(2)28(23(29)30)20-13-16(11-12-25-20)22-21(15-7-9-17(24)10-8-15)26-18-5-3-4-6-19(18)27-22/h3-14H,1-2H3,(H,29,30). The van der Waals surface area contributed by atoms with Gasteiger partial charge >= 0.3 is 6.09 Å². The first-order valence-corrected chi connectivity index (χ1v) is 9.45. The number of anilines is 1. The van der Waals surface area contributed by atoms with Crippen molar-refractivity contribution in [1.82, 2.24) is 15.0 Å². The number of carbonyl (C=O) groups is 1. The third-order valence-corrected chi connectivity index (χ3v) is 4.68. The number of benzene rings is 2. The van der Waals surface area contributed by atoms with Crippen LogP contribution in [0, 0.1) is 5.82 Å². The number of hydrogen-bond acceptors (Lipinski definition) is 4. The first-order valence-electron chi connectivity index (χ1n) is 9.45. The maximum Gasteiger partial charge on any atom is 0.413 e. The molecule has 0 unspecified atom stereocenters. The minimum Gasteiger partial charge on any atom is -0.465 e. The molecule has 1 N–H and O–H groups in total. The van der Waals surface area contributed by atoms with Crippen molar-refractivity contribution in [2.45, 2.75) is 19.9 Å². The van der Waals surface area contributed by atoms with E-state index in [1.807, 2.05) is 24.3 Å². The molecule has 0 aliphatic carbocycles. The van der Waals surface area contributed by atoms with E-state index >= 15 is 0 Å². The highest BCUT2D eigenvalue weighted by molar-refractivity contribution is 5.89. The van der Waals surface area contributed by atoms with Crippen LogP contribution in [0.25, 0.3) is 33.5 Å². The first-order chi connectivity index (χ1) is 14.4. The second kappa shape index (κ2) is 7.87. The van der Waals surface area contributed by atoms with Crippen LogP contribution in [0.2, 0.25) is 0 Å². The summed E-state index contributed by atoms with van der Waals surface area (Å²) in [4.78, 5) is 26.7. The summed E-state index contributed by atoms with van der Waals surface area (Å²) in [6.07, 6.45) is 0.465. The summed E-state index contributed by atoms with van der Waals surface area (Å²) in [6, 6.07) is 16.7. The molecule has 7 heteroatoms. The lowest BCUT2D eigenvalue weighted by molar-refractivity contribution is 0.200. The van der Waals surface area contributed by atoms with Gasteiger partial charge in [-0.1, -0.05) is 12.1 Å². The van der Waals surface area contributed by atoms with Crippen molar-refractivity contribution >= 4 is 22.9 Å². The van der Waals surface area contributed by atoms with Crippen LogP contribution in [0.1, 0.15) is 13.8 Å². The number of para-hydroxylation sites is 2. The molecule has 6 nitrogen and oxygen atoms in total. The molecule has 0 radical (unpaired) electrons. The average molecular weight is 402 g/mol. The fraction of sp³-hybridized carbons (Fsp3) is 0.130. The van der Waals surface area contributed by atoms with Gasteiger partial charge in [0.15, 0.2) is 0 Å². The summed E-state index contributed by atoms with van der Waals surface area (Å²) in [5.41, 5.74) is 3.95. The van der Waals surface area contributed by atoms with Crippen LogP contribution in [-0.4, -0.2) is 32.2 Å². The molecule has 0 atom stereocenters. The van der Waals surface area contributed by atoms with E-state index in [2.05, 4.69) is 4.98 Å². The molecule has 0 saturated heterocycles. The quantitative estimate of drug-likeness (QED) is 0.495. The highest BCUT2D eigenvalue weighted by Gasteiger charge is 2.21. The van der Waals surface area contributed by atoms with Crippen LogP contribution >= 0.6 is 0 Å². The Morgan fingerprint density at radius 2 is 1.53 bits per heavy atom. The molecule has 0 aliphatic rings. The Bertz CT molecular complexity index is 1230. The van der Waals surface area contributed by atoms with Gasteiger partial charge in [0.25, 0.3) is 0 Å². The predicted molar refractivity (Wildman–Crippen MR) is 114 cm³/mol. The van der Waals surface area contributed by atoms with Crippen LogP contribution in [0.5, 0.6) is 0 Å². The van der Waals surface area contributed by atoms with Crippen LogP contribution in [0.15, 0.2) is 66.9 Å². The van der Waals surface area contributed by atoms with Gasteiger partial charge in [0.1, 0.15) is 11.6 Å². The van der Waals surface area contributed by atoms with Gasteiger partial charge in [0, 0.05) is 23.4 Å². The number of halogens is 1. The average Bonchev–Trinajstić information content (AvgIpc) is 2.73. The monoisotopic (exact) mass is 402 g/mol. The zero-order valence-electron chi connectivity index (χ0n) is 16.5. The number of fused-ring (bicyclic) bond motifs is 1. The Morgan fingerprint density at radius 1 is 0.933 bits per heavy atom. The third-order valence-electron chi connectivity index (χ3n) is 4.68. The minimum absolute atomic E-state index is 0.287. The van der Waals surface area contributed by atoms with Gasteiger partial charge in [-0.3, -0.25) is 4.90 Å². The number of aromatic nitrogens is 3. The van der Waals surface area contributed by atoms with Crippen molar-refractivity contribution < 1.29 is 14.3 Å². The first kappa shape index (κ1) is 19.4. The lowest BCUT2D eigenvalue weighted by Crippen LogP contribution is -2.36. The summed E-state index contributed by atoms with van der Waals surface area (Å²) >= 11 is 0. The second-order valence-corrected chi connectivity index (χ2v) is 7.07. The van der Waals surface area contributed by atoms with Gasteiger partial charge in [-0.05, 0) is 62.4 Å². The Labute approximate surface area is 172 Å². The summed E-state index contributed by atoms with van der Waals surface area (Å²) in [7, 11) is 0. The van der Waals surface area contributed by atoms with Crippen molar-refractivity contribution in [3.63, 3.8) is 0 Å². The van der Waals surface area contributed by atoms with Gasteiger partial charge in [-0.25, -0.2) is 24.1 Å². The molecule has 2 heterocycles. The molecule has 4 rings (SSSR count). The lowest BCUT2D eigenvalue weighted by atomic mass is 10.0. The Hall–Kier alpha value is -3.87. The van der Waals surface area contributed by atoms with E-state index in [0.29, 0.717) is 39.4 Å². The number of hydrogen-bond donors (Lipinski definition) is 1. The number of pyridine rings is 1. The Morgan fingerprint density at radius 3 is 2.10 bits per heavy atom. The van der Waals surface area contributed by atoms with E-state index in [1.54, 1.807) is 44.3 Å². The SMILES string of the molecule is CC(C)N(C(=O)O)c1cc(-c2nc3ccccc3nc2-c2ccc(F)cc2)ccn1. The number of carboxylic acid groups (broad SMARTS) is 1. The fourth-order valence-electron chi connectivity index (χ4n) is 3.29. The molecule has 0 aliphatic heterocycles. The van der Waals surface area contributed by atoms with Crippen molar-refractivity contribution in [1.29, 1.82) is 0 Å². The predicted octanol–water partition coefficient (Wildman–Crippen LogP) is 5.39. The highest BCUT2D eigenvalue weighted by atomic mass is 19.1. The maximum absolute atomic E-state index is 13.5. The van der Waals surface area contributed by atoms with Crippen LogP contribution < -0.4 is 4.90 Å². The molecule has 0 fully saturated rings. The summed E-state index contributed by atoms with van der Waals surface area (Å²) in [5.74, 6) is -0.0377. The van der Waals surface area contributed by atoms with E-state index in [4.69, 9.17) is 9.97 Å². The van der Waals surface area contributed by atoms with Gasteiger partial charge in [-0.2, -0.15) is 0 Å². The molecule has 0 saturated carbocycles. The zero-order chi connectivity index (χ0) is 21.3. The number of nitrogens with zero attached hydrogens (tertiary/aromatic N) is 4. The van der Waals surface area contributed by atoms with Crippen LogP contribution in [-0.2, 0) is 0 Å². The molecule has 2 aromatic heterocycles. The smallest absolute Gasteiger partial charge is 0.413 e. The third kappa shape index (κ3) is 3.69. The van der Waals surface area contributed by atoms with E-state index < -0.39 is 6.09 Å². The molecule has 150 valence electrons. The molecule has 1 amide bonds. The van der Waals surface area contributed by atoms with Crippen LogP contribution in [0.4, 0.5) is 15.0 Å². The zero-order valence-corrected chi connectivity index (χ0v) is 16.5. The summed E-state index contributed by atoms with van der Waals surface area (Å²) in [6.45, 7) is 3.56. The van der Waals surface area contributed by atoms with E-state index in [-0.39, 0.29) is 11.9 Å². The van der Waals surface area contributed by atoms with Crippen molar-refractivity contribution in [2.24, 2.45) is 0 Å². The van der Waals surface area contributed by atoms with Crippen molar-refractivity contribution in [2.75, 3.05) is 4.90 Å². The second-order valence-electron chi connectivity index (χ2n) is 7.07. The summed E-state index contributed by atoms with van der Waals surface area (Å²) in [5, 5.41) is 9.58. The summed E-state index contributed by atoms with van der Waals surface area (Å²) < 4.78 is 13.5. The maximum atomic E-state index is 13.5. The van der Waals surface area contributed by atoms with Gasteiger partial charge in [0.2, 0.25) is 0 Å². The lowest BCUT2D eigenvalue weighted by Gasteiger charge is -2.22. The van der Waals surface area contributed by atoms with Gasteiger partial charge in [-0.15, -0.1) is 0 Å². The van der Waals surface area contributed by atoms with Crippen LogP contribution in [0.3, 0.4) is 0 Å². The molecule has 30 heavy (non-hydrogen) atoms. The Kier molecular flexibility index (Phi) is 5.10. The van der Waals surface area contributed by atoms with E-state index in [1.165, 1.54) is 17.0 Å².